The van der Waals surface area contributed by atoms with E-state index in [4.69, 9.17) is 14.2 Å². The van der Waals surface area contributed by atoms with Crippen LogP contribution in [0.2, 0.25) is 0 Å². The lowest BCUT2D eigenvalue weighted by Crippen LogP contribution is -2.30. The van der Waals surface area contributed by atoms with E-state index in [2.05, 4.69) is 57.2 Å². The van der Waals surface area contributed by atoms with Crippen LogP contribution in [0.15, 0.2) is 36.5 Å². The van der Waals surface area contributed by atoms with Crippen LogP contribution in [0.25, 0.3) is 0 Å². The molecule has 0 fully saturated rings. The van der Waals surface area contributed by atoms with E-state index in [1.807, 2.05) is 0 Å². The average Bonchev–Trinajstić information content (AvgIpc) is 3.31. The lowest BCUT2D eigenvalue weighted by Gasteiger charge is -2.18. The SMILES string of the molecule is CCCCCC/C=C\C/C=C\CCCCCCCCCC(=O)OC(COC(=O)CCCCCCCCCCC)COC(=O)CCCCCCCCCCC/C=C\CCCCCCCCCC. The maximum Gasteiger partial charge on any atom is 0.306 e. The van der Waals surface area contributed by atoms with Crippen LogP contribution < -0.4 is 0 Å². The Morgan fingerprint density at radius 3 is 0.864 bits per heavy atom. The third-order valence-corrected chi connectivity index (χ3v) is 12.9. The molecule has 386 valence electrons. The summed E-state index contributed by atoms with van der Waals surface area (Å²) in [7, 11) is 0. The molecule has 0 saturated heterocycles. The van der Waals surface area contributed by atoms with Crippen molar-refractivity contribution in [3.05, 3.63) is 36.5 Å². The van der Waals surface area contributed by atoms with E-state index in [0.717, 1.165) is 70.6 Å². The fourth-order valence-corrected chi connectivity index (χ4v) is 8.47. The minimum Gasteiger partial charge on any atom is -0.462 e. The van der Waals surface area contributed by atoms with Crippen LogP contribution in [0, 0.1) is 0 Å². The predicted octanol–water partition coefficient (Wildman–Crippen LogP) is 19.3. The molecule has 0 N–H and O–H groups in total. The molecule has 0 aliphatic heterocycles. The number of carbonyl (C=O) groups is 3. The lowest BCUT2D eigenvalue weighted by molar-refractivity contribution is -0.167. The molecular formula is C60H110O6. The number of hydrogen-bond donors (Lipinski definition) is 0. The largest absolute Gasteiger partial charge is 0.462 e. The van der Waals surface area contributed by atoms with Crippen LogP contribution >= 0.6 is 0 Å². The molecule has 66 heavy (non-hydrogen) atoms. The highest BCUT2D eigenvalue weighted by atomic mass is 16.6. The Morgan fingerprint density at radius 2 is 0.545 bits per heavy atom. The van der Waals surface area contributed by atoms with Gasteiger partial charge in [0.2, 0.25) is 0 Å². The quantitative estimate of drug-likeness (QED) is 0.0262. The van der Waals surface area contributed by atoms with E-state index >= 15 is 0 Å². The Balaban J connectivity index is 4.25. The van der Waals surface area contributed by atoms with Crippen molar-refractivity contribution in [2.75, 3.05) is 13.2 Å². The summed E-state index contributed by atoms with van der Waals surface area (Å²) in [6.07, 6.45) is 65.7. The molecule has 0 aromatic heterocycles. The van der Waals surface area contributed by atoms with Gasteiger partial charge >= 0.3 is 17.9 Å². The van der Waals surface area contributed by atoms with Gasteiger partial charge < -0.3 is 14.2 Å². The van der Waals surface area contributed by atoms with Gasteiger partial charge in [0, 0.05) is 19.3 Å². The van der Waals surface area contributed by atoms with Crippen molar-refractivity contribution in [3.8, 4) is 0 Å². The van der Waals surface area contributed by atoms with Crippen LogP contribution in [0.1, 0.15) is 310 Å². The number of allylic oxidation sites excluding steroid dienone is 6. The monoisotopic (exact) mass is 927 g/mol. The van der Waals surface area contributed by atoms with Gasteiger partial charge in [0.1, 0.15) is 13.2 Å². The molecule has 0 bridgehead atoms. The van der Waals surface area contributed by atoms with Crippen molar-refractivity contribution in [3.63, 3.8) is 0 Å². The second-order valence-electron chi connectivity index (χ2n) is 19.6. The van der Waals surface area contributed by atoms with Gasteiger partial charge in [-0.1, -0.05) is 250 Å². The maximum atomic E-state index is 12.8. The molecule has 0 aromatic rings. The predicted molar refractivity (Wildman–Crippen MR) is 284 cm³/mol. The fraction of sp³-hybridized carbons (Fsp3) is 0.850. The van der Waals surface area contributed by atoms with Crippen molar-refractivity contribution in [2.24, 2.45) is 0 Å². The van der Waals surface area contributed by atoms with E-state index in [0.29, 0.717) is 19.3 Å². The van der Waals surface area contributed by atoms with Gasteiger partial charge in [-0.3, -0.25) is 14.4 Å². The van der Waals surface area contributed by atoms with Gasteiger partial charge in [0.25, 0.3) is 0 Å². The summed E-state index contributed by atoms with van der Waals surface area (Å²) in [5.74, 6) is -0.871. The van der Waals surface area contributed by atoms with Crippen molar-refractivity contribution in [2.45, 2.75) is 316 Å². The molecule has 1 atom stereocenters. The summed E-state index contributed by atoms with van der Waals surface area (Å²) < 4.78 is 16.8. The van der Waals surface area contributed by atoms with Gasteiger partial charge in [0.15, 0.2) is 6.10 Å². The fourth-order valence-electron chi connectivity index (χ4n) is 8.47. The molecule has 0 saturated carbocycles. The summed E-state index contributed by atoms with van der Waals surface area (Å²) in [6, 6.07) is 0. The molecular weight excluding hydrogens is 817 g/mol. The molecule has 0 spiro atoms. The van der Waals surface area contributed by atoms with Crippen LogP contribution in [0.5, 0.6) is 0 Å². The summed E-state index contributed by atoms with van der Waals surface area (Å²) in [4.78, 5) is 38.0. The molecule has 0 radical (unpaired) electrons. The van der Waals surface area contributed by atoms with E-state index in [1.54, 1.807) is 0 Å². The topological polar surface area (TPSA) is 78.9 Å². The number of unbranched alkanes of at least 4 members (excludes halogenated alkanes) is 36. The number of esters is 3. The molecule has 6 heteroatoms. The Labute approximate surface area is 410 Å². The summed E-state index contributed by atoms with van der Waals surface area (Å²) in [5.41, 5.74) is 0. The van der Waals surface area contributed by atoms with Gasteiger partial charge in [-0.05, 0) is 77.0 Å². The van der Waals surface area contributed by atoms with Crippen LogP contribution in [0.3, 0.4) is 0 Å². The molecule has 0 heterocycles. The zero-order valence-electron chi connectivity index (χ0n) is 44.2. The van der Waals surface area contributed by atoms with E-state index in [1.165, 1.54) is 199 Å². The lowest BCUT2D eigenvalue weighted by atomic mass is 10.1. The highest BCUT2D eigenvalue weighted by molar-refractivity contribution is 5.71. The first-order chi connectivity index (χ1) is 32.5. The minimum atomic E-state index is -0.773. The van der Waals surface area contributed by atoms with Gasteiger partial charge in [-0.25, -0.2) is 0 Å². The first-order valence-electron chi connectivity index (χ1n) is 29.0. The molecule has 0 aromatic carbocycles. The molecule has 1 unspecified atom stereocenters. The first-order valence-corrected chi connectivity index (χ1v) is 29.0. The Hall–Kier alpha value is -2.37. The molecule has 0 aliphatic rings. The van der Waals surface area contributed by atoms with E-state index in [-0.39, 0.29) is 31.1 Å². The molecule has 0 aliphatic carbocycles. The standard InChI is InChI=1S/C60H110O6/c1-4-7-10-13-16-19-21-23-25-27-29-30-31-33-34-36-38-41-44-47-50-53-59(62)65-56-57(55-64-58(61)52-49-46-43-40-18-15-12-9-6-3)66-60(63)54-51-48-45-42-39-37-35-32-28-26-24-22-20-17-14-11-8-5-2/h20,22,26-29,57H,4-19,21,23-25,30-56H2,1-3H3/b22-20-,28-26-,29-27-. The van der Waals surface area contributed by atoms with Crippen LogP contribution in [0.4, 0.5) is 0 Å². The molecule has 0 amide bonds. The highest BCUT2D eigenvalue weighted by Gasteiger charge is 2.19. The zero-order chi connectivity index (χ0) is 47.9. The third-order valence-electron chi connectivity index (χ3n) is 12.9. The number of ether oxygens (including phenoxy) is 3. The Morgan fingerprint density at radius 1 is 0.303 bits per heavy atom. The molecule has 6 nitrogen and oxygen atoms in total. The highest BCUT2D eigenvalue weighted by Crippen LogP contribution is 2.16. The minimum absolute atomic E-state index is 0.0731. The Kier molecular flexibility index (Phi) is 53.2. The van der Waals surface area contributed by atoms with E-state index in [9.17, 15) is 14.4 Å². The molecule has 0 rings (SSSR count). The summed E-state index contributed by atoms with van der Waals surface area (Å²) >= 11 is 0. The number of rotatable bonds is 53. The normalized spacial score (nSPS) is 12.2. The summed E-state index contributed by atoms with van der Waals surface area (Å²) in [5, 5.41) is 0. The van der Waals surface area contributed by atoms with Gasteiger partial charge in [-0.15, -0.1) is 0 Å². The number of hydrogen-bond acceptors (Lipinski definition) is 6. The van der Waals surface area contributed by atoms with Gasteiger partial charge in [-0.2, -0.15) is 0 Å². The second kappa shape index (κ2) is 55.2. The van der Waals surface area contributed by atoms with Crippen LogP contribution in [-0.2, 0) is 28.6 Å². The first kappa shape index (κ1) is 63.6. The number of carbonyl (C=O) groups excluding carboxylic acids is 3. The maximum absolute atomic E-state index is 12.8. The van der Waals surface area contributed by atoms with Crippen molar-refractivity contribution >= 4 is 17.9 Å². The van der Waals surface area contributed by atoms with E-state index < -0.39 is 6.10 Å². The smallest absolute Gasteiger partial charge is 0.306 e. The van der Waals surface area contributed by atoms with Crippen molar-refractivity contribution in [1.82, 2.24) is 0 Å². The Bertz CT molecular complexity index is 1110. The third kappa shape index (κ3) is 52.6. The van der Waals surface area contributed by atoms with Gasteiger partial charge in [0.05, 0.1) is 0 Å². The summed E-state index contributed by atoms with van der Waals surface area (Å²) in [6.45, 7) is 6.63. The van der Waals surface area contributed by atoms with Crippen molar-refractivity contribution < 1.29 is 28.6 Å². The zero-order valence-corrected chi connectivity index (χ0v) is 44.2. The van der Waals surface area contributed by atoms with Crippen LogP contribution in [-0.4, -0.2) is 37.2 Å². The van der Waals surface area contributed by atoms with Crippen molar-refractivity contribution in [1.29, 1.82) is 0 Å². The second-order valence-corrected chi connectivity index (χ2v) is 19.6. The average molecular weight is 928 g/mol.